The minimum atomic E-state index is -1.57. The zero-order chi connectivity index (χ0) is 20.6. The van der Waals surface area contributed by atoms with Crippen molar-refractivity contribution < 1.29 is 19.0 Å². The SMILES string of the molecule is CCOc1ccc([C@@]2(O)CSC3=C(C#N)[C@H](c4ccccc4F)CC(=O)N32)cc1. The molecular weight excluding hydrogens is 391 g/mol. The molecule has 1 fully saturated rings. The zero-order valence-electron chi connectivity index (χ0n) is 15.8. The Kier molecular flexibility index (Phi) is 5.07. The van der Waals surface area contributed by atoms with E-state index in [9.17, 15) is 19.6 Å². The Labute approximate surface area is 172 Å². The summed E-state index contributed by atoms with van der Waals surface area (Å²) in [5.41, 5.74) is -0.397. The summed E-state index contributed by atoms with van der Waals surface area (Å²) in [7, 11) is 0. The van der Waals surface area contributed by atoms with Crippen molar-refractivity contribution in [1.29, 1.82) is 5.26 Å². The Hall–Kier alpha value is -2.82. The van der Waals surface area contributed by atoms with Crippen molar-refractivity contribution in [2.75, 3.05) is 12.4 Å². The van der Waals surface area contributed by atoms with E-state index in [0.717, 1.165) is 0 Å². The summed E-state index contributed by atoms with van der Waals surface area (Å²) in [4.78, 5) is 14.3. The van der Waals surface area contributed by atoms with Gasteiger partial charge >= 0.3 is 0 Å². The summed E-state index contributed by atoms with van der Waals surface area (Å²) >= 11 is 1.24. The first-order chi connectivity index (χ1) is 14.0. The topological polar surface area (TPSA) is 73.6 Å². The average molecular weight is 410 g/mol. The fraction of sp³-hybridized carbons (Fsp3) is 0.273. The van der Waals surface area contributed by atoms with Crippen molar-refractivity contribution in [3.8, 4) is 11.8 Å². The Morgan fingerprint density at radius 2 is 2.03 bits per heavy atom. The Morgan fingerprint density at radius 3 is 2.69 bits per heavy atom. The van der Waals surface area contributed by atoms with Gasteiger partial charge in [0.25, 0.3) is 0 Å². The first-order valence-electron chi connectivity index (χ1n) is 9.30. The van der Waals surface area contributed by atoms with Crippen LogP contribution in [0.4, 0.5) is 4.39 Å². The molecule has 0 aromatic heterocycles. The van der Waals surface area contributed by atoms with Gasteiger partial charge in [-0.05, 0) is 30.7 Å². The van der Waals surface area contributed by atoms with Gasteiger partial charge in [-0.2, -0.15) is 5.26 Å². The highest BCUT2D eigenvalue weighted by molar-refractivity contribution is 8.03. The number of halogens is 1. The molecule has 0 aliphatic carbocycles. The molecule has 7 heteroatoms. The van der Waals surface area contributed by atoms with E-state index in [1.807, 2.05) is 6.92 Å². The average Bonchev–Trinajstić information content (AvgIpc) is 3.08. The first-order valence-corrected chi connectivity index (χ1v) is 10.3. The minimum Gasteiger partial charge on any atom is -0.494 e. The Bertz CT molecular complexity index is 1030. The maximum absolute atomic E-state index is 14.3. The normalized spacial score (nSPS) is 23.7. The number of ether oxygens (including phenoxy) is 1. The molecule has 2 aliphatic heterocycles. The summed E-state index contributed by atoms with van der Waals surface area (Å²) < 4.78 is 19.8. The van der Waals surface area contributed by atoms with Gasteiger partial charge in [-0.15, -0.1) is 11.8 Å². The quantitative estimate of drug-likeness (QED) is 0.828. The van der Waals surface area contributed by atoms with Crippen LogP contribution in [0.5, 0.6) is 5.75 Å². The molecule has 0 spiro atoms. The Morgan fingerprint density at radius 1 is 1.31 bits per heavy atom. The van der Waals surface area contributed by atoms with E-state index < -0.39 is 17.5 Å². The third kappa shape index (κ3) is 3.18. The number of nitrogens with zero attached hydrogens (tertiary/aromatic N) is 2. The molecule has 2 aliphatic rings. The molecule has 0 unspecified atom stereocenters. The predicted molar refractivity (Wildman–Crippen MR) is 107 cm³/mol. The van der Waals surface area contributed by atoms with Gasteiger partial charge in [-0.3, -0.25) is 9.69 Å². The van der Waals surface area contributed by atoms with Crippen LogP contribution in [-0.4, -0.2) is 28.3 Å². The summed E-state index contributed by atoms with van der Waals surface area (Å²) in [5.74, 6) is -0.582. The maximum Gasteiger partial charge on any atom is 0.231 e. The lowest BCUT2D eigenvalue weighted by Crippen LogP contribution is -2.48. The number of carbonyl (C=O) groups excluding carboxylic acids is 1. The number of hydrogen-bond donors (Lipinski definition) is 1. The number of carbonyl (C=O) groups is 1. The number of thioether (sulfide) groups is 1. The van der Waals surface area contributed by atoms with Gasteiger partial charge in [0, 0.05) is 17.9 Å². The summed E-state index contributed by atoms with van der Waals surface area (Å²) in [5, 5.41) is 21.6. The number of nitriles is 1. The highest BCUT2D eigenvalue weighted by Crippen LogP contribution is 2.52. The van der Waals surface area contributed by atoms with Crippen molar-refractivity contribution in [1.82, 2.24) is 4.90 Å². The standard InChI is InChI=1S/C22H19FN2O3S/c1-2-28-15-9-7-14(8-10-15)22(27)13-29-21-18(12-24)17(11-20(26)25(21)22)16-5-3-4-6-19(16)23/h3-10,17,27H,2,11,13H2,1H3/t17-,22-/m0/s1. The highest BCUT2D eigenvalue weighted by atomic mass is 32.2. The molecule has 2 aromatic rings. The van der Waals surface area contributed by atoms with Gasteiger partial charge in [-0.25, -0.2) is 4.39 Å². The van der Waals surface area contributed by atoms with Crippen molar-refractivity contribution in [3.63, 3.8) is 0 Å². The van der Waals surface area contributed by atoms with Crippen molar-refractivity contribution >= 4 is 17.7 Å². The van der Waals surface area contributed by atoms with Crippen LogP contribution in [0.3, 0.4) is 0 Å². The van der Waals surface area contributed by atoms with Gasteiger partial charge in [0.1, 0.15) is 11.6 Å². The fourth-order valence-corrected chi connectivity index (χ4v) is 5.21. The molecule has 1 N–H and O–H groups in total. The summed E-state index contributed by atoms with van der Waals surface area (Å²) in [6.45, 7) is 2.41. The van der Waals surface area contributed by atoms with Gasteiger partial charge in [0.05, 0.1) is 29.0 Å². The molecule has 1 amide bonds. The largest absolute Gasteiger partial charge is 0.494 e. The molecule has 0 radical (unpaired) electrons. The molecule has 0 bridgehead atoms. The number of amides is 1. The van der Waals surface area contributed by atoms with Gasteiger partial charge in [0.2, 0.25) is 5.91 Å². The van der Waals surface area contributed by atoms with Crippen LogP contribution in [0, 0.1) is 17.1 Å². The van der Waals surface area contributed by atoms with Crippen LogP contribution < -0.4 is 4.74 Å². The summed E-state index contributed by atoms with van der Waals surface area (Å²) in [6.07, 6.45) is -0.0762. The third-order valence-electron chi connectivity index (χ3n) is 5.22. The number of fused-ring (bicyclic) bond motifs is 1. The monoisotopic (exact) mass is 410 g/mol. The number of benzene rings is 2. The lowest BCUT2D eigenvalue weighted by atomic mass is 9.85. The number of hydrogen-bond acceptors (Lipinski definition) is 5. The first kappa shape index (κ1) is 19.5. The molecule has 2 aromatic carbocycles. The lowest BCUT2D eigenvalue weighted by Gasteiger charge is -2.38. The van der Waals surface area contributed by atoms with Crippen LogP contribution in [0.2, 0.25) is 0 Å². The van der Waals surface area contributed by atoms with E-state index in [4.69, 9.17) is 4.74 Å². The minimum absolute atomic E-state index is 0.0762. The second-order valence-corrected chi connectivity index (χ2v) is 7.86. The van der Waals surface area contributed by atoms with Crippen LogP contribution in [0.15, 0.2) is 59.1 Å². The Balaban J connectivity index is 1.76. The number of allylic oxidation sites excluding steroid dienone is 1. The van der Waals surface area contributed by atoms with E-state index >= 15 is 0 Å². The smallest absolute Gasteiger partial charge is 0.231 e. The molecule has 0 saturated carbocycles. The van der Waals surface area contributed by atoms with Gasteiger partial charge < -0.3 is 9.84 Å². The van der Waals surface area contributed by atoms with E-state index in [1.54, 1.807) is 42.5 Å². The van der Waals surface area contributed by atoms with Crippen molar-refractivity contribution in [2.24, 2.45) is 0 Å². The van der Waals surface area contributed by atoms with Crippen molar-refractivity contribution in [2.45, 2.75) is 25.0 Å². The molecule has 1 saturated heterocycles. The lowest BCUT2D eigenvalue weighted by molar-refractivity contribution is -0.149. The molecule has 5 nitrogen and oxygen atoms in total. The molecule has 29 heavy (non-hydrogen) atoms. The maximum atomic E-state index is 14.3. The van der Waals surface area contributed by atoms with E-state index in [-0.39, 0.29) is 18.1 Å². The molecular formula is C22H19FN2O3S. The second kappa shape index (κ2) is 7.54. The van der Waals surface area contributed by atoms with Gasteiger partial charge in [-0.1, -0.05) is 30.3 Å². The molecule has 4 rings (SSSR count). The third-order valence-corrected chi connectivity index (χ3v) is 6.44. The molecule has 2 heterocycles. The van der Waals surface area contributed by atoms with Crippen LogP contribution in [-0.2, 0) is 10.5 Å². The van der Waals surface area contributed by atoms with E-state index in [2.05, 4.69) is 6.07 Å². The highest BCUT2D eigenvalue weighted by Gasteiger charge is 2.52. The summed E-state index contributed by atoms with van der Waals surface area (Å²) in [6, 6.07) is 15.3. The van der Waals surface area contributed by atoms with E-state index in [0.29, 0.717) is 34.1 Å². The van der Waals surface area contributed by atoms with Crippen LogP contribution >= 0.6 is 11.8 Å². The second-order valence-electron chi connectivity index (χ2n) is 6.90. The fourth-order valence-electron chi connectivity index (χ4n) is 3.85. The van der Waals surface area contributed by atoms with Crippen molar-refractivity contribution in [3.05, 3.63) is 76.1 Å². The molecule has 2 atom stereocenters. The molecule has 148 valence electrons. The van der Waals surface area contributed by atoms with Crippen LogP contribution in [0.1, 0.15) is 30.4 Å². The van der Waals surface area contributed by atoms with Gasteiger partial charge in [0.15, 0.2) is 5.72 Å². The predicted octanol–water partition coefficient (Wildman–Crippen LogP) is 3.87. The van der Waals surface area contributed by atoms with Crippen LogP contribution in [0.25, 0.3) is 0 Å². The number of aliphatic hydroxyl groups is 1. The number of rotatable bonds is 4. The van der Waals surface area contributed by atoms with E-state index in [1.165, 1.54) is 22.7 Å². The zero-order valence-corrected chi connectivity index (χ0v) is 16.6.